The number of anilines is 1. The highest BCUT2D eigenvalue weighted by Crippen LogP contribution is 2.50. The molecule has 1 saturated carbocycles. The molecule has 3 aromatic rings. The molecule has 6 nitrogen and oxygen atoms in total. The molecule has 34 heavy (non-hydrogen) atoms. The maximum atomic E-state index is 13.3. The maximum absolute atomic E-state index is 13.3. The van der Waals surface area contributed by atoms with Crippen molar-refractivity contribution in [2.75, 3.05) is 25.2 Å². The summed E-state index contributed by atoms with van der Waals surface area (Å²) in [5.74, 6) is 1.53. The van der Waals surface area contributed by atoms with Gasteiger partial charge in [-0.1, -0.05) is 55.3 Å². The number of piperidine rings is 1. The first-order valence-corrected chi connectivity index (χ1v) is 12.2. The lowest BCUT2D eigenvalue weighted by Gasteiger charge is -2.52. The van der Waals surface area contributed by atoms with Gasteiger partial charge in [0.1, 0.15) is 0 Å². The van der Waals surface area contributed by atoms with Crippen LogP contribution in [0.3, 0.4) is 0 Å². The molecule has 3 atom stereocenters. The average Bonchev–Trinajstić information content (AvgIpc) is 3.32. The summed E-state index contributed by atoms with van der Waals surface area (Å²) in [5, 5.41) is 16.8. The van der Waals surface area contributed by atoms with Gasteiger partial charge in [0.25, 0.3) is 0 Å². The Kier molecular flexibility index (Phi) is 5.42. The molecular weight excluding hydrogens is 428 g/mol. The van der Waals surface area contributed by atoms with Crippen LogP contribution in [-0.4, -0.2) is 41.4 Å². The molecule has 2 fully saturated rings. The van der Waals surface area contributed by atoms with E-state index in [2.05, 4.69) is 28.4 Å². The number of likely N-dealkylation sites (tertiary alicyclic amines) is 1. The van der Waals surface area contributed by atoms with Crippen molar-refractivity contribution in [2.45, 2.75) is 43.7 Å². The highest BCUT2D eigenvalue weighted by molar-refractivity contribution is 6.02. The Morgan fingerprint density at radius 2 is 1.88 bits per heavy atom. The number of benzene rings is 3. The number of ether oxygens (including phenoxy) is 2. The van der Waals surface area contributed by atoms with E-state index in [1.54, 1.807) is 0 Å². The number of hydrogen-bond acceptors (Lipinski definition) is 5. The molecule has 0 spiro atoms. The van der Waals surface area contributed by atoms with Crippen LogP contribution in [0.15, 0.2) is 60.7 Å². The lowest BCUT2D eigenvalue weighted by atomic mass is 9.66. The maximum Gasteiger partial charge on any atom is 0.238 e. The van der Waals surface area contributed by atoms with Crippen LogP contribution in [0, 0.1) is 5.92 Å². The van der Waals surface area contributed by atoms with Gasteiger partial charge in [-0.3, -0.25) is 9.69 Å². The van der Waals surface area contributed by atoms with Gasteiger partial charge in [0.15, 0.2) is 11.5 Å². The predicted molar refractivity (Wildman–Crippen MR) is 131 cm³/mol. The Balaban J connectivity index is 1.29. The average molecular weight is 459 g/mol. The Morgan fingerprint density at radius 3 is 2.82 bits per heavy atom. The van der Waals surface area contributed by atoms with E-state index in [9.17, 15) is 9.90 Å². The van der Waals surface area contributed by atoms with Crippen LogP contribution < -0.4 is 14.8 Å². The van der Waals surface area contributed by atoms with E-state index in [1.807, 2.05) is 42.5 Å². The molecule has 0 aromatic heterocycles. The Hall–Kier alpha value is -3.09. The van der Waals surface area contributed by atoms with Crippen LogP contribution in [-0.2, 0) is 4.79 Å². The van der Waals surface area contributed by atoms with Crippen molar-refractivity contribution < 1.29 is 19.4 Å². The van der Waals surface area contributed by atoms with E-state index >= 15 is 0 Å². The van der Waals surface area contributed by atoms with Crippen molar-refractivity contribution in [2.24, 2.45) is 5.92 Å². The molecule has 6 heteroatoms. The monoisotopic (exact) mass is 458 g/mol. The summed E-state index contributed by atoms with van der Waals surface area (Å²) in [6.07, 6.45) is 4.64. The number of amides is 1. The summed E-state index contributed by atoms with van der Waals surface area (Å²) < 4.78 is 11.2. The minimum atomic E-state index is -0.679. The summed E-state index contributed by atoms with van der Waals surface area (Å²) >= 11 is 0. The van der Waals surface area contributed by atoms with E-state index in [-0.39, 0.29) is 31.2 Å². The molecule has 0 bridgehead atoms. The first-order valence-electron chi connectivity index (χ1n) is 12.2. The molecule has 0 radical (unpaired) electrons. The minimum absolute atomic E-state index is 0.0386. The number of nitrogens with zero attached hydrogens (tertiary/aromatic N) is 1. The number of carbonyl (C=O) groups is 1. The smallest absolute Gasteiger partial charge is 0.238 e. The van der Waals surface area contributed by atoms with Crippen molar-refractivity contribution in [3.63, 3.8) is 0 Å². The minimum Gasteiger partial charge on any atom is -0.454 e. The van der Waals surface area contributed by atoms with Gasteiger partial charge in [-0.15, -0.1) is 0 Å². The van der Waals surface area contributed by atoms with Crippen LogP contribution in [0.4, 0.5) is 5.69 Å². The topological polar surface area (TPSA) is 71.0 Å². The van der Waals surface area contributed by atoms with E-state index in [4.69, 9.17) is 9.47 Å². The standard InChI is InChI=1S/C28H30N2O4/c31-26(29-23-10-5-7-19-6-1-2-8-21(19)23)17-30-15-14-28(32)13-4-3-9-22(28)27(30)20-11-12-24-25(16-20)34-18-33-24/h1-2,5-8,10-12,16,22,27,32H,3-4,9,13-15,17-18H2,(H,29,31)/t22-,27+,28+/m0/s1. The first-order chi connectivity index (χ1) is 16.6. The highest BCUT2D eigenvalue weighted by Gasteiger charge is 2.49. The SMILES string of the molecule is O=C(CN1CC[C@]2(O)CCCC[C@H]2[C@H]1c1ccc2c(c1)OCO2)Nc1cccc2ccccc12. The van der Waals surface area contributed by atoms with Crippen molar-refractivity contribution in [1.29, 1.82) is 0 Å². The van der Waals surface area contributed by atoms with Gasteiger partial charge in [-0.2, -0.15) is 0 Å². The molecular formula is C28H30N2O4. The Bertz CT molecular complexity index is 1220. The van der Waals surface area contributed by atoms with E-state index < -0.39 is 5.60 Å². The molecule has 2 N–H and O–H groups in total. The first kappa shape index (κ1) is 21.4. The summed E-state index contributed by atoms with van der Waals surface area (Å²) in [5.41, 5.74) is 1.23. The van der Waals surface area contributed by atoms with Crippen LogP contribution >= 0.6 is 0 Å². The van der Waals surface area contributed by atoms with Crippen LogP contribution in [0.25, 0.3) is 10.8 Å². The number of fused-ring (bicyclic) bond motifs is 3. The molecule has 176 valence electrons. The zero-order valence-electron chi connectivity index (χ0n) is 19.2. The fourth-order valence-corrected chi connectivity index (χ4v) is 6.17. The summed E-state index contributed by atoms with van der Waals surface area (Å²) in [4.78, 5) is 15.5. The number of aliphatic hydroxyl groups is 1. The third-order valence-electron chi connectivity index (χ3n) is 7.82. The number of nitrogens with one attached hydrogen (secondary N) is 1. The predicted octanol–water partition coefficient (Wildman–Crippen LogP) is 4.88. The van der Waals surface area contributed by atoms with Crippen molar-refractivity contribution in [1.82, 2.24) is 4.90 Å². The molecule has 2 aliphatic heterocycles. The van der Waals surface area contributed by atoms with E-state index in [0.717, 1.165) is 59.2 Å². The molecule has 1 saturated heterocycles. The van der Waals surface area contributed by atoms with Gasteiger partial charge < -0.3 is 19.9 Å². The third-order valence-corrected chi connectivity index (χ3v) is 7.82. The zero-order valence-corrected chi connectivity index (χ0v) is 19.2. The van der Waals surface area contributed by atoms with E-state index in [0.29, 0.717) is 13.0 Å². The normalized spacial score (nSPS) is 26.3. The molecule has 1 aliphatic carbocycles. The Labute approximate surface area is 199 Å². The van der Waals surface area contributed by atoms with Crippen LogP contribution in [0.5, 0.6) is 11.5 Å². The molecule has 3 aromatic carbocycles. The second kappa shape index (κ2) is 8.60. The molecule has 3 aliphatic rings. The number of carbonyl (C=O) groups excluding carboxylic acids is 1. The highest BCUT2D eigenvalue weighted by atomic mass is 16.7. The van der Waals surface area contributed by atoms with Crippen LogP contribution in [0.2, 0.25) is 0 Å². The van der Waals surface area contributed by atoms with Crippen molar-refractivity contribution in [3.05, 3.63) is 66.2 Å². The van der Waals surface area contributed by atoms with Crippen LogP contribution in [0.1, 0.15) is 43.7 Å². The summed E-state index contributed by atoms with van der Waals surface area (Å²) in [6.45, 7) is 1.18. The lowest BCUT2D eigenvalue weighted by Crippen LogP contribution is -2.56. The van der Waals surface area contributed by atoms with Gasteiger partial charge in [0.2, 0.25) is 12.7 Å². The third kappa shape index (κ3) is 3.81. The lowest BCUT2D eigenvalue weighted by molar-refractivity contribution is -0.135. The van der Waals surface area contributed by atoms with Gasteiger partial charge in [0.05, 0.1) is 12.1 Å². The molecule has 2 heterocycles. The molecule has 0 unspecified atom stereocenters. The molecule has 1 amide bonds. The fraction of sp³-hybridized carbons (Fsp3) is 0.393. The summed E-state index contributed by atoms with van der Waals surface area (Å²) in [6, 6.07) is 20.0. The molecule has 6 rings (SSSR count). The van der Waals surface area contributed by atoms with Crippen molar-refractivity contribution >= 4 is 22.4 Å². The number of hydrogen-bond donors (Lipinski definition) is 2. The van der Waals surface area contributed by atoms with Gasteiger partial charge >= 0.3 is 0 Å². The fourth-order valence-electron chi connectivity index (χ4n) is 6.17. The second-order valence-corrected chi connectivity index (χ2v) is 9.81. The van der Waals surface area contributed by atoms with Gasteiger partial charge in [0, 0.05) is 29.6 Å². The quantitative estimate of drug-likeness (QED) is 0.583. The van der Waals surface area contributed by atoms with Gasteiger partial charge in [-0.25, -0.2) is 0 Å². The summed E-state index contributed by atoms with van der Waals surface area (Å²) in [7, 11) is 0. The largest absolute Gasteiger partial charge is 0.454 e. The van der Waals surface area contributed by atoms with E-state index in [1.165, 1.54) is 0 Å². The zero-order chi connectivity index (χ0) is 23.1. The Morgan fingerprint density at radius 1 is 1.03 bits per heavy atom. The van der Waals surface area contributed by atoms with Crippen molar-refractivity contribution in [3.8, 4) is 11.5 Å². The number of rotatable bonds is 4. The van der Waals surface area contributed by atoms with Gasteiger partial charge in [-0.05, 0) is 48.4 Å². The second-order valence-electron chi connectivity index (χ2n) is 9.81.